The van der Waals surface area contributed by atoms with Gasteiger partial charge in [-0.25, -0.2) is 0 Å². The van der Waals surface area contributed by atoms with Crippen molar-refractivity contribution in [2.24, 2.45) is 0 Å². The minimum atomic E-state index is -0.754. The maximum absolute atomic E-state index is 13.7. The molecule has 0 saturated heterocycles. The Kier molecular flexibility index (Phi) is 9.73. The first kappa shape index (κ1) is 27.3. The second-order valence-electron chi connectivity index (χ2n) is 9.20. The van der Waals surface area contributed by atoms with Crippen LogP contribution in [0.15, 0.2) is 72.8 Å². The fourth-order valence-corrected chi connectivity index (χ4v) is 5.11. The minimum absolute atomic E-state index is 0.118. The average molecular weight is 560 g/mol. The first-order valence-corrected chi connectivity index (χ1v) is 13.5. The van der Waals surface area contributed by atoms with Crippen molar-refractivity contribution in [1.82, 2.24) is 10.2 Å². The summed E-state index contributed by atoms with van der Waals surface area (Å²) in [5, 5.41) is 4.68. The number of rotatable bonds is 10. The van der Waals surface area contributed by atoms with Crippen LogP contribution in [-0.4, -0.2) is 35.4 Å². The van der Waals surface area contributed by atoms with Crippen LogP contribution in [0.4, 0.5) is 0 Å². The predicted molar refractivity (Wildman–Crippen MR) is 148 cm³/mol. The quantitative estimate of drug-likeness (QED) is 0.300. The second kappa shape index (κ2) is 13.2. The Labute approximate surface area is 232 Å². The summed E-state index contributed by atoms with van der Waals surface area (Å²) >= 11 is 18.6. The molecule has 1 fully saturated rings. The third kappa shape index (κ3) is 7.88. The van der Waals surface area contributed by atoms with Gasteiger partial charge < -0.3 is 15.0 Å². The van der Waals surface area contributed by atoms with Crippen molar-refractivity contribution in [2.45, 2.75) is 50.7 Å². The van der Waals surface area contributed by atoms with E-state index in [-0.39, 0.29) is 31.0 Å². The van der Waals surface area contributed by atoms with E-state index < -0.39 is 6.04 Å². The zero-order valence-corrected chi connectivity index (χ0v) is 22.6. The number of hydrogen-bond donors (Lipinski definition) is 1. The normalized spacial score (nSPS) is 14.2. The molecule has 0 unspecified atom stereocenters. The molecule has 0 heterocycles. The van der Waals surface area contributed by atoms with E-state index in [0.717, 1.165) is 31.2 Å². The van der Waals surface area contributed by atoms with Crippen LogP contribution in [-0.2, 0) is 22.6 Å². The molecule has 1 atom stereocenters. The van der Waals surface area contributed by atoms with Crippen LogP contribution in [0.3, 0.4) is 0 Å². The highest BCUT2D eigenvalue weighted by Gasteiger charge is 2.32. The summed E-state index contributed by atoms with van der Waals surface area (Å²) in [5.41, 5.74) is 1.64. The number of carbonyl (C=O) groups is 2. The van der Waals surface area contributed by atoms with E-state index in [0.29, 0.717) is 32.8 Å². The molecule has 1 aliphatic rings. The van der Waals surface area contributed by atoms with Crippen LogP contribution in [0.2, 0.25) is 15.1 Å². The van der Waals surface area contributed by atoms with Gasteiger partial charge in [0.25, 0.3) is 5.91 Å². The van der Waals surface area contributed by atoms with E-state index >= 15 is 0 Å². The van der Waals surface area contributed by atoms with Crippen LogP contribution >= 0.6 is 34.8 Å². The minimum Gasteiger partial charge on any atom is -0.484 e. The number of nitrogens with zero attached hydrogens (tertiary/aromatic N) is 1. The average Bonchev–Trinajstić information content (AvgIpc) is 3.40. The summed E-state index contributed by atoms with van der Waals surface area (Å²) in [4.78, 5) is 28.9. The predicted octanol–water partition coefficient (Wildman–Crippen LogP) is 6.72. The lowest BCUT2D eigenvalue weighted by atomic mass is 10.0. The largest absolute Gasteiger partial charge is 0.484 e. The molecule has 1 N–H and O–H groups in total. The summed E-state index contributed by atoms with van der Waals surface area (Å²) < 4.78 is 5.77. The van der Waals surface area contributed by atoms with Crippen molar-refractivity contribution < 1.29 is 14.3 Å². The van der Waals surface area contributed by atoms with Gasteiger partial charge in [0.1, 0.15) is 11.8 Å². The Morgan fingerprint density at radius 2 is 1.59 bits per heavy atom. The van der Waals surface area contributed by atoms with Crippen molar-refractivity contribution in [3.63, 3.8) is 0 Å². The van der Waals surface area contributed by atoms with Gasteiger partial charge in [-0.2, -0.15) is 0 Å². The standard InChI is InChI=1S/C29H29Cl3N2O3/c30-22-12-14-25(15-13-22)37-19-28(35)34(18-21-10-11-23(31)17-26(21)32)27(16-20-6-2-1-3-7-20)29(36)33-24-8-4-5-9-24/h1-3,6-7,10-15,17,24,27H,4-5,8-9,16,18-19H2,(H,33,36)/t27-/m0/s1. The summed E-state index contributed by atoms with van der Waals surface area (Å²) in [6.45, 7) is -0.108. The zero-order chi connectivity index (χ0) is 26.2. The van der Waals surface area contributed by atoms with Crippen molar-refractivity contribution in [3.05, 3.63) is 99.0 Å². The SMILES string of the molecule is O=C(NC1CCCC1)[C@H](Cc1ccccc1)N(Cc1ccc(Cl)cc1Cl)C(=O)COc1ccc(Cl)cc1. The molecule has 4 rings (SSSR count). The fraction of sp³-hybridized carbons (Fsp3) is 0.310. The monoisotopic (exact) mass is 558 g/mol. The molecule has 37 heavy (non-hydrogen) atoms. The van der Waals surface area contributed by atoms with Crippen molar-refractivity contribution in [2.75, 3.05) is 6.61 Å². The Morgan fingerprint density at radius 1 is 0.919 bits per heavy atom. The highest BCUT2D eigenvalue weighted by Crippen LogP contribution is 2.25. The fourth-order valence-electron chi connectivity index (χ4n) is 4.51. The van der Waals surface area contributed by atoms with Crippen LogP contribution in [0.25, 0.3) is 0 Å². The number of hydrogen-bond acceptors (Lipinski definition) is 3. The molecule has 8 heteroatoms. The molecule has 1 aliphatic carbocycles. The Balaban J connectivity index is 1.63. The molecule has 194 valence electrons. The van der Waals surface area contributed by atoms with Gasteiger partial charge >= 0.3 is 0 Å². The molecule has 3 aromatic rings. The number of amides is 2. The Hall–Kier alpha value is -2.73. The van der Waals surface area contributed by atoms with Crippen molar-refractivity contribution in [3.8, 4) is 5.75 Å². The maximum Gasteiger partial charge on any atom is 0.261 e. The lowest BCUT2D eigenvalue weighted by molar-refractivity contribution is -0.143. The Morgan fingerprint density at radius 3 is 2.27 bits per heavy atom. The van der Waals surface area contributed by atoms with Gasteiger partial charge in [-0.3, -0.25) is 9.59 Å². The van der Waals surface area contributed by atoms with Gasteiger partial charge in [0.05, 0.1) is 0 Å². The topological polar surface area (TPSA) is 58.6 Å². The molecule has 0 aliphatic heterocycles. The molecule has 3 aromatic carbocycles. The van der Waals surface area contributed by atoms with E-state index in [1.807, 2.05) is 30.3 Å². The van der Waals surface area contributed by atoms with E-state index in [9.17, 15) is 9.59 Å². The Bertz CT molecular complexity index is 1200. The second-order valence-corrected chi connectivity index (χ2v) is 10.5. The molecular weight excluding hydrogens is 531 g/mol. The van der Waals surface area contributed by atoms with Gasteiger partial charge in [-0.1, -0.05) is 84.0 Å². The van der Waals surface area contributed by atoms with Crippen LogP contribution < -0.4 is 10.1 Å². The summed E-state index contributed by atoms with van der Waals surface area (Å²) in [5.74, 6) is 0.00129. The van der Waals surface area contributed by atoms with Crippen molar-refractivity contribution >= 4 is 46.6 Å². The number of ether oxygens (including phenoxy) is 1. The van der Waals surface area contributed by atoms with Gasteiger partial charge in [0.2, 0.25) is 5.91 Å². The smallest absolute Gasteiger partial charge is 0.261 e. The number of nitrogens with one attached hydrogen (secondary N) is 1. The van der Waals surface area contributed by atoms with Crippen LogP contribution in [0, 0.1) is 0 Å². The summed E-state index contributed by atoms with van der Waals surface area (Å²) in [6.07, 6.45) is 4.43. The van der Waals surface area contributed by atoms with Gasteiger partial charge in [0, 0.05) is 34.1 Å². The molecule has 5 nitrogen and oxygen atoms in total. The molecule has 0 spiro atoms. The van der Waals surface area contributed by atoms with E-state index in [2.05, 4.69) is 5.32 Å². The lowest BCUT2D eigenvalue weighted by Gasteiger charge is -2.32. The number of halogens is 3. The van der Waals surface area contributed by atoms with Gasteiger partial charge in [0.15, 0.2) is 6.61 Å². The number of benzene rings is 3. The molecule has 0 radical (unpaired) electrons. The van der Waals surface area contributed by atoms with Crippen molar-refractivity contribution in [1.29, 1.82) is 0 Å². The molecule has 0 aromatic heterocycles. The zero-order valence-electron chi connectivity index (χ0n) is 20.3. The van der Waals surface area contributed by atoms with E-state index in [1.165, 1.54) is 0 Å². The summed E-state index contributed by atoms with van der Waals surface area (Å²) in [7, 11) is 0. The molecule has 1 saturated carbocycles. The number of carbonyl (C=O) groups excluding carboxylic acids is 2. The van der Waals surface area contributed by atoms with E-state index in [4.69, 9.17) is 39.5 Å². The molecule has 2 amide bonds. The highest BCUT2D eigenvalue weighted by molar-refractivity contribution is 6.35. The van der Waals surface area contributed by atoms with Crippen LogP contribution in [0.5, 0.6) is 5.75 Å². The third-order valence-electron chi connectivity index (χ3n) is 6.50. The lowest BCUT2D eigenvalue weighted by Crippen LogP contribution is -2.53. The first-order valence-electron chi connectivity index (χ1n) is 12.3. The first-order chi connectivity index (χ1) is 17.9. The maximum atomic E-state index is 13.7. The summed E-state index contributed by atoms with van der Waals surface area (Å²) in [6, 6.07) is 21.0. The third-order valence-corrected chi connectivity index (χ3v) is 7.34. The van der Waals surface area contributed by atoms with Crippen LogP contribution in [0.1, 0.15) is 36.8 Å². The van der Waals surface area contributed by atoms with E-state index in [1.54, 1.807) is 47.4 Å². The highest BCUT2D eigenvalue weighted by atomic mass is 35.5. The van der Waals surface area contributed by atoms with Gasteiger partial charge in [-0.05, 0) is 60.4 Å². The van der Waals surface area contributed by atoms with Gasteiger partial charge in [-0.15, -0.1) is 0 Å². The molecule has 0 bridgehead atoms. The molecular formula is C29H29Cl3N2O3.